The van der Waals surface area contributed by atoms with Crippen LogP contribution in [-0.2, 0) is 0 Å². The lowest BCUT2D eigenvalue weighted by atomic mass is 10.3. The molecule has 16 heavy (non-hydrogen) atoms. The highest BCUT2D eigenvalue weighted by molar-refractivity contribution is 5.27. The van der Waals surface area contributed by atoms with E-state index in [9.17, 15) is 0 Å². The molecule has 2 aromatic heterocycles. The van der Waals surface area contributed by atoms with Crippen LogP contribution >= 0.6 is 0 Å². The van der Waals surface area contributed by atoms with Gasteiger partial charge in [0.1, 0.15) is 5.82 Å². The second kappa shape index (κ2) is 3.51. The number of hydrogen-bond donors (Lipinski definition) is 0. The van der Waals surface area contributed by atoms with Crippen molar-refractivity contribution in [3.63, 3.8) is 0 Å². The van der Waals surface area contributed by atoms with Crippen LogP contribution in [0.5, 0.6) is 0 Å². The molecule has 2 aromatic rings. The predicted molar refractivity (Wildman–Crippen MR) is 65.9 cm³/mol. The molecule has 0 spiro atoms. The Bertz CT molecular complexity index is 494. The van der Waals surface area contributed by atoms with E-state index in [2.05, 4.69) is 55.0 Å². The van der Waals surface area contributed by atoms with Crippen molar-refractivity contribution in [2.45, 2.75) is 41.5 Å². The van der Waals surface area contributed by atoms with Crippen LogP contribution < -0.4 is 0 Å². The summed E-state index contributed by atoms with van der Waals surface area (Å²) in [5.74, 6) is 1.04. The Morgan fingerprint density at radius 1 is 0.875 bits per heavy atom. The van der Waals surface area contributed by atoms with E-state index in [4.69, 9.17) is 0 Å². The first-order valence-electron chi connectivity index (χ1n) is 5.62. The van der Waals surface area contributed by atoms with Crippen LogP contribution in [0, 0.1) is 41.5 Å². The van der Waals surface area contributed by atoms with Crippen molar-refractivity contribution in [2.24, 2.45) is 0 Å². The minimum Gasteiger partial charge on any atom is -0.257 e. The van der Waals surface area contributed by atoms with E-state index < -0.39 is 0 Å². The first-order valence-corrected chi connectivity index (χ1v) is 5.62. The van der Waals surface area contributed by atoms with Gasteiger partial charge in [-0.2, -0.15) is 0 Å². The first-order chi connectivity index (χ1) is 7.43. The van der Waals surface area contributed by atoms with Gasteiger partial charge in [0.15, 0.2) is 0 Å². The zero-order valence-corrected chi connectivity index (χ0v) is 10.9. The van der Waals surface area contributed by atoms with Crippen LogP contribution in [-0.4, -0.2) is 14.3 Å². The van der Waals surface area contributed by atoms with Crippen molar-refractivity contribution < 1.29 is 0 Å². The van der Waals surface area contributed by atoms with Crippen LogP contribution in [0.3, 0.4) is 0 Å². The Balaban J connectivity index is 2.76. The van der Waals surface area contributed by atoms with Crippen molar-refractivity contribution in [2.75, 3.05) is 0 Å². The summed E-state index contributed by atoms with van der Waals surface area (Å²) in [6, 6.07) is 2.21. The fourth-order valence-electron chi connectivity index (χ4n) is 2.28. The minimum atomic E-state index is 1.04. The Labute approximate surface area is 96.7 Å². The Morgan fingerprint density at radius 2 is 1.50 bits per heavy atom. The number of imidazole rings is 1. The van der Waals surface area contributed by atoms with Gasteiger partial charge in [-0.25, -0.2) is 9.66 Å². The molecule has 0 aromatic carbocycles. The van der Waals surface area contributed by atoms with Gasteiger partial charge in [-0.3, -0.25) is 4.68 Å². The molecule has 2 heterocycles. The maximum absolute atomic E-state index is 4.52. The topological polar surface area (TPSA) is 22.8 Å². The summed E-state index contributed by atoms with van der Waals surface area (Å²) >= 11 is 0. The van der Waals surface area contributed by atoms with Crippen molar-refractivity contribution in [1.29, 1.82) is 0 Å². The molecular formula is C13H19N3. The molecular weight excluding hydrogens is 198 g/mol. The van der Waals surface area contributed by atoms with Crippen LogP contribution in [0.15, 0.2) is 6.07 Å². The Kier molecular flexibility index (Phi) is 2.41. The fraction of sp³-hybridized carbons (Fsp3) is 0.462. The number of aryl methyl sites for hydroxylation is 4. The average molecular weight is 217 g/mol. The van der Waals surface area contributed by atoms with E-state index in [0.717, 1.165) is 11.5 Å². The molecule has 86 valence electrons. The third-order valence-electron chi connectivity index (χ3n) is 3.33. The molecule has 0 saturated heterocycles. The van der Waals surface area contributed by atoms with Gasteiger partial charge in [0.25, 0.3) is 0 Å². The molecule has 0 amide bonds. The maximum atomic E-state index is 4.52. The second-order valence-electron chi connectivity index (χ2n) is 4.51. The van der Waals surface area contributed by atoms with E-state index in [1.54, 1.807) is 0 Å². The number of aromatic nitrogens is 3. The molecule has 0 fully saturated rings. The van der Waals surface area contributed by atoms with Crippen LogP contribution in [0.1, 0.15) is 34.2 Å². The van der Waals surface area contributed by atoms with Crippen LogP contribution in [0.2, 0.25) is 0 Å². The predicted octanol–water partition coefficient (Wildman–Crippen LogP) is 2.85. The van der Waals surface area contributed by atoms with E-state index in [-0.39, 0.29) is 0 Å². The lowest BCUT2D eigenvalue weighted by Gasteiger charge is -2.14. The summed E-state index contributed by atoms with van der Waals surface area (Å²) in [5, 5.41) is 0. The summed E-state index contributed by atoms with van der Waals surface area (Å²) in [5.41, 5.74) is 6.16. The molecule has 0 atom stereocenters. The van der Waals surface area contributed by atoms with E-state index in [1.807, 2.05) is 6.92 Å². The van der Waals surface area contributed by atoms with Crippen molar-refractivity contribution in [1.82, 2.24) is 14.3 Å². The molecule has 0 saturated carbocycles. The molecule has 0 radical (unpaired) electrons. The van der Waals surface area contributed by atoms with E-state index in [1.165, 1.54) is 22.6 Å². The highest BCUT2D eigenvalue weighted by Crippen LogP contribution is 2.18. The van der Waals surface area contributed by atoms with Crippen molar-refractivity contribution >= 4 is 0 Å². The quantitative estimate of drug-likeness (QED) is 0.720. The summed E-state index contributed by atoms with van der Waals surface area (Å²) in [6.07, 6.45) is 0. The summed E-state index contributed by atoms with van der Waals surface area (Å²) in [6.45, 7) is 12.6. The molecule has 3 heteroatoms. The summed E-state index contributed by atoms with van der Waals surface area (Å²) < 4.78 is 4.42. The standard InChI is InChI=1S/C13H19N3/c1-8-7-9(2)15(11(8)4)16-12(5)10(3)14-13(16)6/h7H,1-6H3. The first kappa shape index (κ1) is 11.0. The molecule has 0 unspecified atom stereocenters. The molecule has 2 rings (SSSR count). The maximum Gasteiger partial charge on any atom is 0.125 e. The van der Waals surface area contributed by atoms with Gasteiger partial charge in [-0.15, -0.1) is 0 Å². The summed E-state index contributed by atoms with van der Waals surface area (Å²) in [4.78, 5) is 4.52. The second-order valence-corrected chi connectivity index (χ2v) is 4.51. The van der Waals surface area contributed by atoms with E-state index in [0.29, 0.717) is 0 Å². The largest absolute Gasteiger partial charge is 0.257 e. The third-order valence-corrected chi connectivity index (χ3v) is 3.33. The summed E-state index contributed by atoms with van der Waals surface area (Å²) in [7, 11) is 0. The molecule has 0 aliphatic heterocycles. The molecule has 0 aliphatic rings. The number of rotatable bonds is 1. The average Bonchev–Trinajstić information content (AvgIpc) is 2.57. The highest BCUT2D eigenvalue weighted by atomic mass is 15.5. The molecule has 3 nitrogen and oxygen atoms in total. The number of hydrogen-bond acceptors (Lipinski definition) is 1. The van der Waals surface area contributed by atoms with Gasteiger partial charge in [0.2, 0.25) is 0 Å². The molecule has 0 bridgehead atoms. The molecule has 0 N–H and O–H groups in total. The zero-order chi connectivity index (χ0) is 12.0. The highest BCUT2D eigenvalue weighted by Gasteiger charge is 2.13. The minimum absolute atomic E-state index is 1.04. The smallest absolute Gasteiger partial charge is 0.125 e. The van der Waals surface area contributed by atoms with Gasteiger partial charge >= 0.3 is 0 Å². The van der Waals surface area contributed by atoms with Gasteiger partial charge in [0.05, 0.1) is 11.4 Å². The van der Waals surface area contributed by atoms with Gasteiger partial charge in [-0.05, 0) is 53.2 Å². The van der Waals surface area contributed by atoms with Crippen LogP contribution in [0.4, 0.5) is 0 Å². The van der Waals surface area contributed by atoms with Gasteiger partial charge < -0.3 is 0 Å². The zero-order valence-electron chi connectivity index (χ0n) is 10.9. The Morgan fingerprint density at radius 3 is 1.88 bits per heavy atom. The van der Waals surface area contributed by atoms with Crippen molar-refractivity contribution in [3.05, 3.63) is 40.2 Å². The molecule has 0 aliphatic carbocycles. The van der Waals surface area contributed by atoms with Crippen molar-refractivity contribution in [3.8, 4) is 0 Å². The third kappa shape index (κ3) is 1.39. The number of nitrogens with zero attached hydrogens (tertiary/aromatic N) is 3. The van der Waals surface area contributed by atoms with Gasteiger partial charge in [0, 0.05) is 11.4 Å². The lowest BCUT2D eigenvalue weighted by molar-refractivity contribution is 0.587. The van der Waals surface area contributed by atoms with E-state index >= 15 is 0 Å². The fourth-order valence-corrected chi connectivity index (χ4v) is 2.28. The normalized spacial score (nSPS) is 11.1. The van der Waals surface area contributed by atoms with Crippen LogP contribution in [0.25, 0.3) is 0 Å². The monoisotopic (exact) mass is 217 g/mol. The van der Waals surface area contributed by atoms with Gasteiger partial charge in [-0.1, -0.05) is 0 Å². The lowest BCUT2D eigenvalue weighted by Crippen LogP contribution is -2.15. The Hall–Kier alpha value is -1.51. The SMILES string of the molecule is Cc1cc(C)n(-n2c(C)nc(C)c2C)c1C.